The molecule has 0 saturated carbocycles. The minimum Gasteiger partial charge on any atom is -0.481 e. The van der Waals surface area contributed by atoms with Crippen molar-refractivity contribution in [2.45, 2.75) is 45.1 Å². The van der Waals surface area contributed by atoms with Crippen molar-refractivity contribution < 1.29 is 19.4 Å². The Balaban J connectivity index is 2.41. The van der Waals surface area contributed by atoms with Gasteiger partial charge in [-0.3, -0.25) is 9.59 Å². The number of aliphatic carboxylic acids is 1. The highest BCUT2D eigenvalue weighted by molar-refractivity contribution is 7.09. The molecule has 7 heteroatoms. The van der Waals surface area contributed by atoms with Gasteiger partial charge in [0, 0.05) is 18.9 Å². The van der Waals surface area contributed by atoms with Crippen molar-refractivity contribution >= 4 is 23.2 Å². The summed E-state index contributed by atoms with van der Waals surface area (Å²) in [5, 5.41) is 14.7. The van der Waals surface area contributed by atoms with Gasteiger partial charge in [-0.05, 0) is 26.7 Å². The van der Waals surface area contributed by atoms with Crippen LogP contribution in [0.4, 0.5) is 0 Å². The number of carbonyl (C=O) groups excluding carboxylic acids is 1. The number of aromatic nitrogens is 1. The summed E-state index contributed by atoms with van der Waals surface area (Å²) in [7, 11) is 1.48. The second-order valence-corrected chi connectivity index (χ2v) is 6.39. The maximum absolute atomic E-state index is 11.9. The molecule has 2 N–H and O–H groups in total. The summed E-state index contributed by atoms with van der Waals surface area (Å²) < 4.78 is 5.00. The van der Waals surface area contributed by atoms with Crippen LogP contribution < -0.4 is 5.32 Å². The lowest BCUT2D eigenvalue weighted by Gasteiger charge is -2.28. The summed E-state index contributed by atoms with van der Waals surface area (Å²) >= 11 is 1.59. The van der Waals surface area contributed by atoms with Gasteiger partial charge in [-0.15, -0.1) is 11.3 Å². The highest BCUT2D eigenvalue weighted by Crippen LogP contribution is 2.13. The average Bonchev–Trinajstić information content (AvgIpc) is 2.73. The zero-order valence-electron chi connectivity index (χ0n) is 12.6. The molecule has 0 aliphatic rings. The van der Waals surface area contributed by atoms with Crippen molar-refractivity contribution in [3.63, 3.8) is 0 Å². The fourth-order valence-electron chi connectivity index (χ4n) is 2.14. The first-order chi connectivity index (χ1) is 9.84. The molecule has 0 radical (unpaired) electrons. The molecule has 6 nitrogen and oxygen atoms in total. The molecule has 0 aliphatic heterocycles. The number of aryl methyl sites for hydroxylation is 2. The Morgan fingerprint density at radius 3 is 2.76 bits per heavy atom. The molecule has 1 aromatic heterocycles. The van der Waals surface area contributed by atoms with E-state index in [-0.39, 0.29) is 18.9 Å². The number of methoxy groups -OCH3 is 1. The average molecular weight is 314 g/mol. The van der Waals surface area contributed by atoms with Gasteiger partial charge in [0.1, 0.15) is 0 Å². The monoisotopic (exact) mass is 314 g/mol. The minimum atomic E-state index is -0.965. The summed E-state index contributed by atoms with van der Waals surface area (Å²) in [5.41, 5.74) is 0.116. The summed E-state index contributed by atoms with van der Waals surface area (Å²) in [4.78, 5) is 27.1. The van der Waals surface area contributed by atoms with E-state index in [9.17, 15) is 9.59 Å². The molecule has 1 atom stereocenters. The SMILES string of the molecule is COCC(C)(CC(=O)O)NC(=O)CCCc1csc(C)n1. The molecule has 0 bridgehead atoms. The molecule has 118 valence electrons. The maximum Gasteiger partial charge on any atom is 0.305 e. The van der Waals surface area contributed by atoms with Crippen LogP contribution in [0.3, 0.4) is 0 Å². The quantitative estimate of drug-likeness (QED) is 0.725. The van der Waals surface area contributed by atoms with Crippen LogP contribution in [0.15, 0.2) is 5.38 Å². The number of nitrogens with one attached hydrogen (secondary N) is 1. The summed E-state index contributed by atoms with van der Waals surface area (Å²) in [6.07, 6.45) is 1.61. The van der Waals surface area contributed by atoms with E-state index < -0.39 is 11.5 Å². The Bertz CT molecular complexity index is 489. The summed E-state index contributed by atoms with van der Waals surface area (Å²) in [5.74, 6) is -1.13. The van der Waals surface area contributed by atoms with Gasteiger partial charge >= 0.3 is 5.97 Å². The number of carboxylic acid groups (broad SMARTS) is 1. The molecule has 0 spiro atoms. The van der Waals surface area contributed by atoms with Crippen LogP contribution in [0.2, 0.25) is 0 Å². The van der Waals surface area contributed by atoms with Gasteiger partial charge in [0.05, 0.1) is 29.3 Å². The van der Waals surface area contributed by atoms with Gasteiger partial charge in [-0.1, -0.05) is 0 Å². The molecule has 0 aliphatic carbocycles. The van der Waals surface area contributed by atoms with Gasteiger partial charge in [0.2, 0.25) is 5.91 Å². The molecular formula is C14H22N2O4S. The topological polar surface area (TPSA) is 88.5 Å². The third-order valence-corrected chi connectivity index (χ3v) is 3.77. The van der Waals surface area contributed by atoms with Crippen molar-refractivity contribution in [1.82, 2.24) is 10.3 Å². The molecule has 1 aromatic rings. The van der Waals surface area contributed by atoms with Gasteiger partial charge < -0.3 is 15.2 Å². The minimum absolute atomic E-state index is 0.163. The highest BCUT2D eigenvalue weighted by Gasteiger charge is 2.29. The number of nitrogens with zero attached hydrogens (tertiary/aromatic N) is 1. The largest absolute Gasteiger partial charge is 0.481 e. The molecule has 1 amide bonds. The number of carboxylic acids is 1. The zero-order chi connectivity index (χ0) is 15.9. The first-order valence-electron chi connectivity index (χ1n) is 6.77. The lowest BCUT2D eigenvalue weighted by atomic mass is 9.98. The van der Waals surface area contributed by atoms with Crippen molar-refractivity contribution in [1.29, 1.82) is 0 Å². The number of ether oxygens (including phenoxy) is 1. The second-order valence-electron chi connectivity index (χ2n) is 5.32. The van der Waals surface area contributed by atoms with E-state index in [4.69, 9.17) is 9.84 Å². The molecule has 1 unspecified atom stereocenters. The van der Waals surface area contributed by atoms with Gasteiger partial charge in [0.25, 0.3) is 0 Å². The molecule has 0 aromatic carbocycles. The maximum atomic E-state index is 11.9. The molecule has 21 heavy (non-hydrogen) atoms. The van der Waals surface area contributed by atoms with Crippen LogP contribution in [0.5, 0.6) is 0 Å². The Morgan fingerprint density at radius 2 is 2.24 bits per heavy atom. The highest BCUT2D eigenvalue weighted by atomic mass is 32.1. The number of rotatable bonds is 9. The van der Waals surface area contributed by atoms with Gasteiger partial charge in [0.15, 0.2) is 0 Å². The Kier molecular flexibility index (Phi) is 6.77. The number of hydrogen-bond acceptors (Lipinski definition) is 5. The Morgan fingerprint density at radius 1 is 1.52 bits per heavy atom. The first-order valence-corrected chi connectivity index (χ1v) is 7.65. The lowest BCUT2D eigenvalue weighted by molar-refractivity contribution is -0.139. The molecule has 1 heterocycles. The van der Waals surface area contributed by atoms with Crippen molar-refractivity contribution in [3.05, 3.63) is 16.1 Å². The molecule has 0 saturated heterocycles. The van der Waals surface area contributed by atoms with E-state index in [2.05, 4.69) is 10.3 Å². The van der Waals surface area contributed by atoms with Gasteiger partial charge in [-0.25, -0.2) is 4.98 Å². The van der Waals surface area contributed by atoms with Crippen LogP contribution in [0, 0.1) is 6.92 Å². The van der Waals surface area contributed by atoms with Crippen LogP contribution in [0.1, 0.15) is 36.9 Å². The lowest BCUT2D eigenvalue weighted by Crippen LogP contribution is -2.50. The van der Waals surface area contributed by atoms with E-state index in [1.807, 2.05) is 12.3 Å². The van der Waals surface area contributed by atoms with Crippen LogP contribution >= 0.6 is 11.3 Å². The Labute approximate surface area is 128 Å². The normalized spacial score (nSPS) is 13.7. The van der Waals surface area contributed by atoms with E-state index in [0.717, 1.165) is 17.1 Å². The molecule has 1 rings (SSSR count). The summed E-state index contributed by atoms with van der Waals surface area (Å²) in [6, 6.07) is 0. The number of thiazole rings is 1. The predicted molar refractivity (Wildman–Crippen MR) is 80.5 cm³/mol. The third kappa shape index (κ3) is 6.68. The van der Waals surface area contributed by atoms with Gasteiger partial charge in [-0.2, -0.15) is 0 Å². The zero-order valence-corrected chi connectivity index (χ0v) is 13.5. The standard InChI is InChI=1S/C14H22N2O4S/c1-10-15-11(8-21-10)5-4-6-12(17)16-14(2,9-20-3)7-13(18)19/h8H,4-7,9H2,1-3H3,(H,16,17)(H,18,19). The van der Waals surface area contributed by atoms with E-state index in [0.29, 0.717) is 12.8 Å². The van der Waals surface area contributed by atoms with E-state index in [1.54, 1.807) is 18.3 Å². The Hall–Kier alpha value is -1.47. The first kappa shape index (κ1) is 17.6. The van der Waals surface area contributed by atoms with Crippen LogP contribution in [-0.2, 0) is 20.7 Å². The van der Waals surface area contributed by atoms with E-state index in [1.165, 1.54) is 7.11 Å². The summed E-state index contributed by atoms with van der Waals surface area (Å²) in [6.45, 7) is 3.78. The fraction of sp³-hybridized carbons (Fsp3) is 0.643. The smallest absolute Gasteiger partial charge is 0.305 e. The van der Waals surface area contributed by atoms with Crippen LogP contribution in [-0.4, -0.2) is 41.2 Å². The number of carbonyl (C=O) groups is 2. The van der Waals surface area contributed by atoms with Crippen molar-refractivity contribution in [3.8, 4) is 0 Å². The third-order valence-electron chi connectivity index (χ3n) is 2.95. The molecular weight excluding hydrogens is 292 g/mol. The predicted octanol–water partition coefficient (Wildman–Crippen LogP) is 1.77. The van der Waals surface area contributed by atoms with Crippen molar-refractivity contribution in [2.75, 3.05) is 13.7 Å². The number of hydrogen-bond donors (Lipinski definition) is 2. The molecule has 0 fully saturated rings. The second kappa shape index (κ2) is 8.09. The van der Waals surface area contributed by atoms with Crippen molar-refractivity contribution in [2.24, 2.45) is 0 Å². The van der Waals surface area contributed by atoms with E-state index >= 15 is 0 Å². The number of amides is 1. The van der Waals surface area contributed by atoms with Crippen LogP contribution in [0.25, 0.3) is 0 Å². The fourth-order valence-corrected chi connectivity index (χ4v) is 2.78.